The van der Waals surface area contributed by atoms with Crippen molar-refractivity contribution >= 4 is 9.84 Å². The summed E-state index contributed by atoms with van der Waals surface area (Å²) in [5.74, 6) is -5.89. The Morgan fingerprint density at radius 1 is 1.45 bits per heavy atom. The molecule has 11 heavy (non-hydrogen) atoms. The third kappa shape index (κ3) is 1.13. The summed E-state index contributed by atoms with van der Waals surface area (Å²) >= 11 is 0. The van der Waals surface area contributed by atoms with Crippen molar-refractivity contribution < 1.29 is 21.6 Å². The average Bonchev–Trinajstić information content (AvgIpc) is 1.94. The summed E-state index contributed by atoms with van der Waals surface area (Å²) in [4.78, 5) is 0. The van der Waals surface area contributed by atoms with Crippen molar-refractivity contribution in [2.24, 2.45) is 5.92 Å². The summed E-state index contributed by atoms with van der Waals surface area (Å²) in [6.45, 7) is 1.02. The predicted molar refractivity (Wildman–Crippen MR) is 32.8 cm³/mol. The van der Waals surface area contributed by atoms with Crippen LogP contribution in [-0.2, 0) is 9.84 Å². The Balaban J connectivity index is 3.09. The van der Waals surface area contributed by atoms with E-state index in [2.05, 4.69) is 0 Å². The van der Waals surface area contributed by atoms with Crippen LogP contribution in [0.25, 0.3) is 0 Å². The van der Waals surface area contributed by atoms with Gasteiger partial charge in [0.2, 0.25) is 0 Å². The molecule has 1 fully saturated rings. The molecule has 0 N–H and O–H groups in total. The first-order chi connectivity index (χ1) is 4.78. The van der Waals surface area contributed by atoms with Crippen LogP contribution >= 0.6 is 0 Å². The lowest BCUT2D eigenvalue weighted by Crippen LogP contribution is -2.31. The lowest BCUT2D eigenvalue weighted by Gasteiger charge is -2.13. The van der Waals surface area contributed by atoms with Gasteiger partial charge in [-0.2, -0.15) is 0 Å². The summed E-state index contributed by atoms with van der Waals surface area (Å²) < 4.78 is 58.4. The van der Waals surface area contributed by atoms with E-state index in [0.717, 1.165) is 6.92 Å². The van der Waals surface area contributed by atoms with Crippen LogP contribution < -0.4 is 0 Å². The molecule has 2 unspecified atom stereocenters. The minimum Gasteiger partial charge on any atom is -0.226 e. The Kier molecular flexibility index (Phi) is 1.70. The largest absolute Gasteiger partial charge is 0.296 e. The summed E-state index contributed by atoms with van der Waals surface area (Å²) in [6.07, 6.45) is 0. The highest BCUT2D eigenvalue weighted by Crippen LogP contribution is 2.40. The standard InChI is InChI=1S/C5H7F3O2S/c1-3-2-11(9,10)4(6)5(3,7)8/h3-4H,2H2,1H3. The van der Waals surface area contributed by atoms with Gasteiger partial charge in [0.25, 0.3) is 11.4 Å². The van der Waals surface area contributed by atoms with Gasteiger partial charge in [0.1, 0.15) is 0 Å². The van der Waals surface area contributed by atoms with E-state index in [1.807, 2.05) is 0 Å². The van der Waals surface area contributed by atoms with Gasteiger partial charge >= 0.3 is 0 Å². The number of rotatable bonds is 0. The smallest absolute Gasteiger partial charge is 0.226 e. The van der Waals surface area contributed by atoms with Crippen LogP contribution in [0.4, 0.5) is 13.2 Å². The fourth-order valence-corrected chi connectivity index (χ4v) is 2.81. The third-order valence-corrected chi connectivity index (χ3v) is 3.67. The van der Waals surface area contributed by atoms with Gasteiger partial charge in [0.05, 0.1) is 5.75 Å². The van der Waals surface area contributed by atoms with Crippen LogP contribution in [0.2, 0.25) is 0 Å². The summed E-state index contributed by atoms with van der Waals surface area (Å²) in [5.41, 5.74) is -3.01. The molecule has 0 saturated carbocycles. The summed E-state index contributed by atoms with van der Waals surface area (Å²) in [5, 5.41) is 0. The topological polar surface area (TPSA) is 34.1 Å². The lowest BCUT2D eigenvalue weighted by molar-refractivity contribution is -0.0674. The van der Waals surface area contributed by atoms with E-state index in [1.54, 1.807) is 0 Å². The van der Waals surface area contributed by atoms with Crippen LogP contribution in [0, 0.1) is 5.92 Å². The van der Waals surface area contributed by atoms with Crippen molar-refractivity contribution in [1.82, 2.24) is 0 Å². The molecule has 0 bridgehead atoms. The van der Waals surface area contributed by atoms with Crippen LogP contribution in [0.5, 0.6) is 0 Å². The predicted octanol–water partition coefficient (Wildman–Crippen LogP) is 0.982. The van der Waals surface area contributed by atoms with Crippen molar-refractivity contribution in [2.75, 3.05) is 5.75 Å². The van der Waals surface area contributed by atoms with Gasteiger partial charge in [-0.1, -0.05) is 6.92 Å². The Morgan fingerprint density at radius 2 is 1.91 bits per heavy atom. The van der Waals surface area contributed by atoms with E-state index in [4.69, 9.17) is 0 Å². The molecule has 2 atom stereocenters. The minimum atomic E-state index is -4.20. The average molecular weight is 188 g/mol. The van der Waals surface area contributed by atoms with Crippen molar-refractivity contribution in [2.45, 2.75) is 18.3 Å². The van der Waals surface area contributed by atoms with Crippen LogP contribution in [0.3, 0.4) is 0 Å². The first-order valence-corrected chi connectivity index (χ1v) is 4.73. The first kappa shape index (κ1) is 8.83. The molecule has 0 aromatic carbocycles. The fourth-order valence-electron chi connectivity index (χ4n) is 1.01. The normalized spacial score (nSPS) is 40.7. The molecular weight excluding hydrogens is 181 g/mol. The molecule has 0 aliphatic carbocycles. The van der Waals surface area contributed by atoms with E-state index in [0.29, 0.717) is 0 Å². The number of hydrogen-bond acceptors (Lipinski definition) is 2. The zero-order chi connectivity index (χ0) is 8.86. The van der Waals surface area contributed by atoms with Crippen LogP contribution in [0.15, 0.2) is 0 Å². The fraction of sp³-hybridized carbons (Fsp3) is 1.00. The van der Waals surface area contributed by atoms with Gasteiger partial charge in [0.15, 0.2) is 9.84 Å². The zero-order valence-corrected chi connectivity index (χ0v) is 6.54. The van der Waals surface area contributed by atoms with Crippen molar-refractivity contribution in [1.29, 1.82) is 0 Å². The molecule has 0 spiro atoms. The van der Waals surface area contributed by atoms with Gasteiger partial charge in [-0.25, -0.2) is 21.6 Å². The molecule has 1 saturated heterocycles. The van der Waals surface area contributed by atoms with Crippen molar-refractivity contribution in [3.63, 3.8) is 0 Å². The highest BCUT2D eigenvalue weighted by molar-refractivity contribution is 7.92. The molecule has 1 rings (SSSR count). The van der Waals surface area contributed by atoms with Gasteiger partial charge in [0, 0.05) is 5.92 Å². The monoisotopic (exact) mass is 188 g/mol. The second-order valence-corrected chi connectivity index (χ2v) is 4.79. The molecule has 6 heteroatoms. The molecule has 66 valence electrons. The van der Waals surface area contributed by atoms with Crippen molar-refractivity contribution in [3.8, 4) is 0 Å². The first-order valence-electron chi connectivity index (χ1n) is 3.02. The van der Waals surface area contributed by atoms with Crippen molar-refractivity contribution in [3.05, 3.63) is 0 Å². The summed E-state index contributed by atoms with van der Waals surface area (Å²) in [6, 6.07) is 0. The van der Waals surface area contributed by atoms with E-state index in [-0.39, 0.29) is 0 Å². The van der Waals surface area contributed by atoms with Gasteiger partial charge in [-0.15, -0.1) is 0 Å². The molecule has 0 aromatic rings. The Labute approximate surface area is 62.3 Å². The van der Waals surface area contributed by atoms with Crippen LogP contribution in [0.1, 0.15) is 6.92 Å². The third-order valence-electron chi connectivity index (χ3n) is 1.76. The minimum absolute atomic E-state index is 0.763. The molecule has 0 amide bonds. The maximum Gasteiger partial charge on any atom is 0.296 e. The molecule has 2 nitrogen and oxygen atoms in total. The van der Waals surface area contributed by atoms with E-state index in [9.17, 15) is 21.6 Å². The molecular formula is C5H7F3O2S. The maximum absolute atomic E-state index is 12.5. The number of hydrogen-bond donors (Lipinski definition) is 0. The highest BCUT2D eigenvalue weighted by atomic mass is 32.2. The number of alkyl halides is 3. The molecule has 1 aliphatic heterocycles. The van der Waals surface area contributed by atoms with Crippen LogP contribution in [-0.4, -0.2) is 25.6 Å². The van der Waals surface area contributed by atoms with E-state index < -0.39 is 32.9 Å². The Hall–Kier alpha value is -0.260. The van der Waals surface area contributed by atoms with Gasteiger partial charge < -0.3 is 0 Å². The van der Waals surface area contributed by atoms with Gasteiger partial charge in [-0.05, 0) is 0 Å². The zero-order valence-electron chi connectivity index (χ0n) is 5.72. The van der Waals surface area contributed by atoms with E-state index in [1.165, 1.54) is 0 Å². The highest BCUT2D eigenvalue weighted by Gasteiger charge is 2.59. The molecule has 0 radical (unpaired) electrons. The molecule has 1 aliphatic rings. The second-order valence-electron chi connectivity index (χ2n) is 2.72. The Bertz CT molecular complexity index is 259. The Morgan fingerprint density at radius 3 is 2.00 bits per heavy atom. The SMILES string of the molecule is CC1CS(=O)(=O)C(F)C1(F)F. The van der Waals surface area contributed by atoms with Gasteiger partial charge in [-0.3, -0.25) is 0 Å². The summed E-state index contributed by atoms with van der Waals surface area (Å²) in [7, 11) is -4.20. The second kappa shape index (κ2) is 2.12. The lowest BCUT2D eigenvalue weighted by atomic mass is 10.1. The number of sulfone groups is 1. The van der Waals surface area contributed by atoms with E-state index >= 15 is 0 Å². The molecule has 0 aromatic heterocycles. The number of halogens is 3. The quantitative estimate of drug-likeness (QED) is 0.568. The maximum atomic E-state index is 12.5. The molecule has 1 heterocycles.